The fraction of sp³-hybridized carbons (Fsp3) is 0.471. The van der Waals surface area contributed by atoms with Crippen molar-refractivity contribution in [1.29, 1.82) is 10.8 Å². The van der Waals surface area contributed by atoms with Crippen LogP contribution in [0.2, 0.25) is 0 Å². The Bertz CT molecular complexity index is 726. The molecule has 0 spiro atoms. The summed E-state index contributed by atoms with van der Waals surface area (Å²) in [5.74, 6) is -2.27. The van der Waals surface area contributed by atoms with Crippen molar-refractivity contribution in [3.63, 3.8) is 0 Å². The van der Waals surface area contributed by atoms with Gasteiger partial charge >= 0.3 is 6.18 Å². The van der Waals surface area contributed by atoms with Crippen LogP contribution in [0, 0.1) is 34.4 Å². The summed E-state index contributed by atoms with van der Waals surface area (Å²) in [7, 11) is 0. The lowest BCUT2D eigenvalue weighted by Gasteiger charge is -2.21. The standard InChI is InChI=1S/C17H16F4N2O/c18-12-4-1-8(5-11(12)17(19,20)21)6-13(22)16(24)14-9-2-3-10(7-9)15(14)23/h1,4-5,9-10,14,22-23H,2-3,6-7H2/t9-,10+,14+/m1/s1. The molecule has 2 saturated carbocycles. The predicted octanol–water partition coefficient (Wildman–Crippen LogP) is 4.04. The number of fused-ring (bicyclic) bond motifs is 2. The van der Waals surface area contributed by atoms with E-state index in [-0.39, 0.29) is 29.5 Å². The Morgan fingerprint density at radius 1 is 1.25 bits per heavy atom. The highest BCUT2D eigenvalue weighted by molar-refractivity contribution is 6.43. The number of hydrogen-bond donors (Lipinski definition) is 2. The lowest BCUT2D eigenvalue weighted by molar-refractivity contribution is -0.140. The minimum absolute atomic E-state index is 0.0664. The predicted molar refractivity (Wildman–Crippen MR) is 79.9 cm³/mol. The van der Waals surface area contributed by atoms with Gasteiger partial charge in [0.1, 0.15) is 5.82 Å². The maximum Gasteiger partial charge on any atom is 0.419 e. The molecule has 0 aromatic heterocycles. The van der Waals surface area contributed by atoms with E-state index in [1.165, 1.54) is 0 Å². The Morgan fingerprint density at radius 2 is 1.96 bits per heavy atom. The largest absolute Gasteiger partial charge is 0.419 e. The normalized spacial score (nSPS) is 26.0. The van der Waals surface area contributed by atoms with Crippen LogP contribution in [-0.2, 0) is 17.4 Å². The molecule has 0 unspecified atom stereocenters. The summed E-state index contributed by atoms with van der Waals surface area (Å²) in [6, 6.07) is 2.50. The molecule has 24 heavy (non-hydrogen) atoms. The zero-order chi connectivity index (χ0) is 17.6. The molecular weight excluding hydrogens is 324 g/mol. The Kier molecular flexibility index (Phi) is 4.05. The van der Waals surface area contributed by atoms with Crippen molar-refractivity contribution in [3.8, 4) is 0 Å². The summed E-state index contributed by atoms with van der Waals surface area (Å²) >= 11 is 0. The highest BCUT2D eigenvalue weighted by Gasteiger charge is 2.48. The summed E-state index contributed by atoms with van der Waals surface area (Å²) in [6.07, 6.45) is -2.57. The molecule has 3 rings (SSSR count). The van der Waals surface area contributed by atoms with Crippen LogP contribution < -0.4 is 0 Å². The van der Waals surface area contributed by atoms with Gasteiger partial charge in [0.15, 0.2) is 5.78 Å². The van der Waals surface area contributed by atoms with Crippen LogP contribution in [0.25, 0.3) is 0 Å². The fourth-order valence-corrected chi connectivity index (χ4v) is 3.84. The molecule has 2 N–H and O–H groups in total. The Morgan fingerprint density at radius 3 is 2.54 bits per heavy atom. The molecule has 0 radical (unpaired) electrons. The molecular formula is C17H16F4N2O. The van der Waals surface area contributed by atoms with Gasteiger partial charge in [0.25, 0.3) is 0 Å². The maximum atomic E-state index is 13.3. The second kappa shape index (κ2) is 5.79. The van der Waals surface area contributed by atoms with Crippen LogP contribution in [0.4, 0.5) is 17.6 Å². The van der Waals surface area contributed by atoms with E-state index in [0.717, 1.165) is 25.3 Å². The van der Waals surface area contributed by atoms with Gasteiger partial charge in [-0.3, -0.25) is 4.79 Å². The monoisotopic (exact) mass is 340 g/mol. The van der Waals surface area contributed by atoms with Crippen molar-refractivity contribution >= 4 is 17.2 Å². The molecule has 2 bridgehead atoms. The molecule has 2 fully saturated rings. The van der Waals surface area contributed by atoms with Gasteiger partial charge in [0.05, 0.1) is 17.2 Å². The van der Waals surface area contributed by atoms with Crippen molar-refractivity contribution < 1.29 is 22.4 Å². The van der Waals surface area contributed by atoms with E-state index >= 15 is 0 Å². The smallest absolute Gasteiger partial charge is 0.309 e. The van der Waals surface area contributed by atoms with Gasteiger partial charge < -0.3 is 10.8 Å². The Hall–Kier alpha value is -2.05. The molecule has 0 saturated heterocycles. The van der Waals surface area contributed by atoms with Gasteiger partial charge in [0.2, 0.25) is 0 Å². The number of carbonyl (C=O) groups is 1. The van der Waals surface area contributed by atoms with Crippen molar-refractivity contribution in [2.45, 2.75) is 31.9 Å². The summed E-state index contributed by atoms with van der Waals surface area (Å²) < 4.78 is 51.5. The lowest BCUT2D eigenvalue weighted by Crippen LogP contribution is -2.34. The molecule has 7 heteroatoms. The number of rotatable bonds is 4. The molecule has 0 amide bonds. The van der Waals surface area contributed by atoms with E-state index in [2.05, 4.69) is 0 Å². The van der Waals surface area contributed by atoms with Crippen LogP contribution >= 0.6 is 0 Å². The van der Waals surface area contributed by atoms with Crippen molar-refractivity contribution in [1.82, 2.24) is 0 Å². The average molecular weight is 340 g/mol. The van der Waals surface area contributed by atoms with Crippen molar-refractivity contribution in [2.75, 3.05) is 0 Å². The summed E-state index contributed by atoms with van der Waals surface area (Å²) in [5, 5.41) is 16.0. The average Bonchev–Trinajstić information content (AvgIpc) is 3.08. The third-order valence-corrected chi connectivity index (χ3v) is 5.02. The first-order chi connectivity index (χ1) is 11.2. The van der Waals surface area contributed by atoms with Crippen LogP contribution in [0.5, 0.6) is 0 Å². The molecule has 1 aromatic rings. The number of halogens is 4. The summed E-state index contributed by atoms with van der Waals surface area (Å²) in [4.78, 5) is 12.4. The van der Waals surface area contributed by atoms with Gasteiger partial charge in [0, 0.05) is 12.1 Å². The number of hydrogen-bond acceptors (Lipinski definition) is 3. The van der Waals surface area contributed by atoms with E-state index in [9.17, 15) is 22.4 Å². The van der Waals surface area contributed by atoms with Crippen molar-refractivity contribution in [2.24, 2.45) is 17.8 Å². The molecule has 3 nitrogen and oxygen atoms in total. The number of Topliss-reactive ketones (excluding diaryl/α,β-unsaturated/α-hetero) is 1. The Balaban J connectivity index is 1.76. The second-order valence-electron chi connectivity index (χ2n) is 6.53. The molecule has 2 aliphatic carbocycles. The van der Waals surface area contributed by atoms with Crippen molar-refractivity contribution in [3.05, 3.63) is 35.1 Å². The first kappa shape index (κ1) is 16.8. The van der Waals surface area contributed by atoms with E-state index < -0.39 is 29.3 Å². The molecule has 3 atom stereocenters. The minimum Gasteiger partial charge on any atom is -0.309 e. The highest BCUT2D eigenvalue weighted by Crippen LogP contribution is 2.46. The zero-order valence-electron chi connectivity index (χ0n) is 12.7. The topological polar surface area (TPSA) is 64.8 Å². The molecule has 0 aliphatic heterocycles. The minimum atomic E-state index is -4.82. The number of ketones is 1. The first-order valence-corrected chi connectivity index (χ1v) is 7.74. The highest BCUT2D eigenvalue weighted by atomic mass is 19.4. The molecule has 1 aromatic carbocycles. The molecule has 128 valence electrons. The summed E-state index contributed by atoms with van der Waals surface area (Å²) in [6.45, 7) is 0. The van der Waals surface area contributed by atoms with Gasteiger partial charge in [-0.25, -0.2) is 4.39 Å². The van der Waals surface area contributed by atoms with E-state index in [1.54, 1.807) is 0 Å². The van der Waals surface area contributed by atoms with E-state index in [4.69, 9.17) is 10.8 Å². The van der Waals surface area contributed by atoms with Gasteiger partial charge in [-0.2, -0.15) is 13.2 Å². The summed E-state index contributed by atoms with van der Waals surface area (Å²) in [5.41, 5.74) is -1.29. The Labute approximate surface area is 136 Å². The quantitative estimate of drug-likeness (QED) is 0.630. The second-order valence-corrected chi connectivity index (χ2v) is 6.53. The van der Waals surface area contributed by atoms with Crippen LogP contribution in [0.3, 0.4) is 0 Å². The van der Waals surface area contributed by atoms with Crippen LogP contribution in [0.15, 0.2) is 18.2 Å². The lowest BCUT2D eigenvalue weighted by atomic mass is 9.81. The van der Waals surface area contributed by atoms with Crippen LogP contribution in [0.1, 0.15) is 30.4 Å². The van der Waals surface area contributed by atoms with Crippen LogP contribution in [-0.4, -0.2) is 17.2 Å². The fourth-order valence-electron chi connectivity index (χ4n) is 3.84. The van der Waals surface area contributed by atoms with Gasteiger partial charge in [-0.1, -0.05) is 6.07 Å². The van der Waals surface area contributed by atoms with Gasteiger partial charge in [-0.15, -0.1) is 0 Å². The third-order valence-electron chi connectivity index (χ3n) is 5.02. The number of alkyl halides is 3. The van der Waals surface area contributed by atoms with E-state index in [0.29, 0.717) is 17.8 Å². The molecule has 2 aliphatic rings. The number of benzene rings is 1. The maximum absolute atomic E-state index is 13.3. The molecule has 0 heterocycles. The van der Waals surface area contributed by atoms with E-state index in [1.807, 2.05) is 0 Å². The zero-order valence-corrected chi connectivity index (χ0v) is 12.7. The van der Waals surface area contributed by atoms with Gasteiger partial charge in [-0.05, 0) is 48.8 Å². The third kappa shape index (κ3) is 2.87. The number of nitrogens with one attached hydrogen (secondary N) is 2. The number of carbonyl (C=O) groups excluding carboxylic acids is 1. The first-order valence-electron chi connectivity index (χ1n) is 7.74. The SMILES string of the molecule is N=C(Cc1ccc(F)c(C(F)(F)F)c1)C(=O)[C@@H]1C(=N)[C@H]2CC[C@@H]1C2.